The molecule has 0 aromatic carbocycles. The molecule has 0 amide bonds. The molecule has 0 aromatic rings. The Labute approximate surface area is 89.4 Å². The second-order valence-electron chi connectivity index (χ2n) is 4.79. The first-order valence-electron chi connectivity index (χ1n) is 4.69. The van der Waals surface area contributed by atoms with Crippen molar-refractivity contribution < 1.29 is 9.31 Å². The first-order valence-corrected chi connectivity index (χ1v) is 4.69. The van der Waals surface area contributed by atoms with Crippen molar-refractivity contribution in [3.05, 3.63) is 12.7 Å². The summed E-state index contributed by atoms with van der Waals surface area (Å²) in [6, 6.07) is 0. The molecule has 72 valence electrons. The Morgan fingerprint density at radius 2 is 1.50 bits per heavy atom. The van der Waals surface area contributed by atoms with Crippen LogP contribution >= 0.6 is 0 Å². The molecule has 0 unspecified atom stereocenters. The molecule has 1 aliphatic rings. The van der Waals surface area contributed by atoms with Crippen LogP contribution in [0.4, 0.5) is 0 Å². The summed E-state index contributed by atoms with van der Waals surface area (Å²) in [5.74, 6) is 0. The predicted molar refractivity (Wildman–Crippen MR) is 60.5 cm³/mol. The molecule has 1 aliphatic heterocycles. The van der Waals surface area contributed by atoms with Crippen molar-refractivity contribution >= 4 is 22.8 Å². The smallest absolute Gasteiger partial charge is 0.404 e. The maximum Gasteiger partial charge on any atom is 0.450 e. The monoisotopic (exact) mass is 188 g/mol. The molecule has 1 rings (SSSR count). The summed E-state index contributed by atoms with van der Waals surface area (Å²) in [5, 5.41) is -1.15. The fraction of sp³-hybridized carbons (Fsp3) is 0.778. The molecule has 14 heavy (non-hydrogen) atoms. The molecule has 4 radical (unpaired) electrons. The molecule has 1 saturated heterocycles. The Hall–Kier alpha value is -0.145. The molecule has 1 fully saturated rings. The van der Waals surface area contributed by atoms with Crippen LogP contribution in [0.3, 0.4) is 0 Å². The lowest BCUT2D eigenvalue weighted by Gasteiger charge is -2.32. The van der Waals surface area contributed by atoms with Crippen LogP contribution in [-0.4, -0.2) is 34.0 Å². The molecular formula is C9H15B3O2. The lowest BCUT2D eigenvalue weighted by molar-refractivity contribution is 0.00578. The highest BCUT2D eigenvalue weighted by molar-refractivity contribution is 6.74. The molecule has 0 N–H and O–H groups in total. The molecule has 5 heteroatoms. The van der Waals surface area contributed by atoms with E-state index in [4.69, 9.17) is 25.0 Å². The van der Waals surface area contributed by atoms with E-state index in [-0.39, 0.29) is 0 Å². The van der Waals surface area contributed by atoms with E-state index in [9.17, 15) is 0 Å². The van der Waals surface area contributed by atoms with Gasteiger partial charge in [0.2, 0.25) is 0 Å². The van der Waals surface area contributed by atoms with Gasteiger partial charge in [-0.2, -0.15) is 0 Å². The highest BCUT2D eigenvalue weighted by atomic mass is 16.7. The van der Waals surface area contributed by atoms with E-state index in [1.54, 1.807) is 0 Å². The van der Waals surface area contributed by atoms with Gasteiger partial charge < -0.3 is 9.31 Å². The van der Waals surface area contributed by atoms with E-state index in [1.807, 2.05) is 27.7 Å². The molecule has 1 heterocycles. The van der Waals surface area contributed by atoms with E-state index in [2.05, 4.69) is 6.58 Å². The van der Waals surface area contributed by atoms with Gasteiger partial charge in [-0.1, -0.05) is 0 Å². The van der Waals surface area contributed by atoms with Crippen molar-refractivity contribution in [1.29, 1.82) is 0 Å². The highest BCUT2D eigenvalue weighted by Crippen LogP contribution is 2.42. The lowest BCUT2D eigenvalue weighted by Crippen LogP contribution is -2.41. The zero-order valence-corrected chi connectivity index (χ0v) is 9.33. The van der Waals surface area contributed by atoms with Crippen LogP contribution in [0.1, 0.15) is 27.7 Å². The van der Waals surface area contributed by atoms with Crippen molar-refractivity contribution in [3.63, 3.8) is 0 Å². The predicted octanol–water partition coefficient (Wildman–Crippen LogP) is 1.26. The second kappa shape index (κ2) is 3.17. The Morgan fingerprint density at radius 1 is 1.14 bits per heavy atom. The van der Waals surface area contributed by atoms with Crippen LogP contribution < -0.4 is 0 Å². The zero-order valence-electron chi connectivity index (χ0n) is 9.33. The summed E-state index contributed by atoms with van der Waals surface area (Å²) in [6.07, 6.45) is 1.44. The van der Waals surface area contributed by atoms with E-state index in [0.717, 1.165) is 0 Å². The average molecular weight is 188 g/mol. The van der Waals surface area contributed by atoms with Gasteiger partial charge in [0.05, 0.1) is 26.9 Å². The first-order chi connectivity index (χ1) is 6.12. The minimum Gasteiger partial charge on any atom is -0.404 e. The van der Waals surface area contributed by atoms with Gasteiger partial charge in [0.15, 0.2) is 0 Å². The highest BCUT2D eigenvalue weighted by Gasteiger charge is 2.54. The second-order valence-corrected chi connectivity index (χ2v) is 4.79. The molecule has 0 atom stereocenters. The largest absolute Gasteiger partial charge is 0.450 e. The third-order valence-electron chi connectivity index (χ3n) is 3.02. The minimum absolute atomic E-state index is 0.412. The quantitative estimate of drug-likeness (QED) is 0.479. The van der Waals surface area contributed by atoms with E-state index in [1.165, 1.54) is 6.08 Å². The molecular weight excluding hydrogens is 173 g/mol. The maximum atomic E-state index is 5.77. The minimum atomic E-state index is -1.15. The van der Waals surface area contributed by atoms with Crippen LogP contribution in [0.25, 0.3) is 0 Å². The maximum absolute atomic E-state index is 5.77. The Balaban J connectivity index is 2.88. The molecule has 0 bridgehead atoms. The first kappa shape index (κ1) is 11.9. The van der Waals surface area contributed by atoms with Gasteiger partial charge in [-0.25, -0.2) is 0 Å². The van der Waals surface area contributed by atoms with Gasteiger partial charge >= 0.3 is 7.12 Å². The third-order valence-corrected chi connectivity index (χ3v) is 3.02. The van der Waals surface area contributed by atoms with Crippen LogP contribution in [0.5, 0.6) is 0 Å². The SMILES string of the molecule is [B]C([B])(C=C)B1OC(C)(C)C(C)(C)O1. The van der Waals surface area contributed by atoms with Crippen molar-refractivity contribution in [2.75, 3.05) is 0 Å². The Kier molecular flexibility index (Phi) is 2.70. The van der Waals surface area contributed by atoms with Crippen molar-refractivity contribution in [2.24, 2.45) is 0 Å². The van der Waals surface area contributed by atoms with Crippen LogP contribution in [0.2, 0.25) is 5.11 Å². The summed E-state index contributed by atoms with van der Waals surface area (Å²) in [7, 11) is 10.9. The van der Waals surface area contributed by atoms with Gasteiger partial charge in [-0.05, 0) is 32.8 Å². The van der Waals surface area contributed by atoms with E-state index in [0.29, 0.717) is 0 Å². The number of hydrogen-bond acceptors (Lipinski definition) is 2. The lowest BCUT2D eigenvalue weighted by atomic mass is 9.36. The number of hydrogen-bond donors (Lipinski definition) is 0. The van der Waals surface area contributed by atoms with Gasteiger partial charge in [-0.15, -0.1) is 12.7 Å². The molecule has 2 nitrogen and oxygen atoms in total. The summed E-state index contributed by atoms with van der Waals surface area (Å²) in [4.78, 5) is 0. The van der Waals surface area contributed by atoms with Crippen molar-refractivity contribution in [2.45, 2.75) is 44.0 Å². The zero-order chi connectivity index (χ0) is 11.2. The van der Waals surface area contributed by atoms with Gasteiger partial charge in [-0.3, -0.25) is 0 Å². The van der Waals surface area contributed by atoms with Crippen molar-refractivity contribution in [1.82, 2.24) is 0 Å². The topological polar surface area (TPSA) is 18.5 Å². The fourth-order valence-corrected chi connectivity index (χ4v) is 1.14. The average Bonchev–Trinajstić information content (AvgIpc) is 2.22. The molecule has 0 spiro atoms. The third kappa shape index (κ3) is 1.80. The van der Waals surface area contributed by atoms with E-state index >= 15 is 0 Å². The van der Waals surface area contributed by atoms with Gasteiger partial charge in [0.1, 0.15) is 0 Å². The Morgan fingerprint density at radius 3 is 1.79 bits per heavy atom. The summed E-state index contributed by atoms with van der Waals surface area (Å²) >= 11 is 0. The standard InChI is InChI=1S/C9H15B3O2/c1-6-9(10,11)12-13-7(2,3)8(4,5)14-12/h6H,1H2,2-5H3. The van der Waals surface area contributed by atoms with E-state index < -0.39 is 23.4 Å². The van der Waals surface area contributed by atoms with Gasteiger partial charge in [0.25, 0.3) is 0 Å². The Bertz CT molecular complexity index is 232. The number of allylic oxidation sites excluding steroid dienone is 1. The normalized spacial score (nSPS) is 25.0. The molecule has 0 aromatic heterocycles. The van der Waals surface area contributed by atoms with Crippen LogP contribution in [0, 0.1) is 0 Å². The van der Waals surface area contributed by atoms with Crippen LogP contribution in [-0.2, 0) is 9.31 Å². The summed E-state index contributed by atoms with van der Waals surface area (Å²) < 4.78 is 11.4. The van der Waals surface area contributed by atoms with Crippen molar-refractivity contribution in [3.8, 4) is 0 Å². The fourth-order valence-electron chi connectivity index (χ4n) is 1.14. The molecule has 0 aliphatic carbocycles. The van der Waals surface area contributed by atoms with Gasteiger partial charge in [0, 0.05) is 0 Å². The molecule has 0 saturated carbocycles. The number of rotatable bonds is 2. The summed E-state index contributed by atoms with van der Waals surface area (Å²) in [6.45, 7) is 11.4. The summed E-state index contributed by atoms with van der Waals surface area (Å²) in [5.41, 5.74) is -0.824. The van der Waals surface area contributed by atoms with Crippen LogP contribution in [0.15, 0.2) is 12.7 Å².